The number of carbonyl (C=O) groups is 1. The molecule has 168 valence electrons. The standard InChI is InChI=1S/C26H22BrClN2O3/c1-16-8-9-17(2)23(10-16)30-26(31)20(14-29)11-19-12-24(32-3)25(13-21(19)27)33-15-18-6-4-5-7-22(18)28/h4-13H,15H2,1-3H3,(H,30,31)/b20-11+. The number of benzene rings is 3. The molecule has 0 radical (unpaired) electrons. The van der Waals surface area contributed by atoms with Gasteiger partial charge < -0.3 is 14.8 Å². The number of hydrogen-bond acceptors (Lipinski definition) is 4. The lowest BCUT2D eigenvalue weighted by Crippen LogP contribution is -2.14. The maximum atomic E-state index is 12.7. The highest BCUT2D eigenvalue weighted by molar-refractivity contribution is 9.10. The summed E-state index contributed by atoms with van der Waals surface area (Å²) in [5.74, 6) is 0.472. The quantitative estimate of drug-likeness (QED) is 0.270. The van der Waals surface area contributed by atoms with E-state index < -0.39 is 5.91 Å². The minimum absolute atomic E-state index is 0.0385. The predicted octanol–water partition coefficient (Wildman–Crippen LogP) is 6.85. The number of nitrogens with one attached hydrogen (secondary N) is 1. The Kier molecular flexibility index (Phi) is 8.16. The second-order valence-corrected chi connectivity index (χ2v) is 8.61. The van der Waals surface area contributed by atoms with Crippen LogP contribution in [-0.4, -0.2) is 13.0 Å². The van der Waals surface area contributed by atoms with Crippen LogP contribution in [0.15, 0.2) is 64.6 Å². The molecule has 0 saturated heterocycles. The monoisotopic (exact) mass is 524 g/mol. The van der Waals surface area contributed by atoms with Gasteiger partial charge in [0, 0.05) is 20.7 Å². The van der Waals surface area contributed by atoms with E-state index in [0.29, 0.717) is 32.2 Å². The molecule has 0 aliphatic rings. The van der Waals surface area contributed by atoms with Gasteiger partial charge in [-0.2, -0.15) is 5.26 Å². The van der Waals surface area contributed by atoms with Gasteiger partial charge in [0.1, 0.15) is 18.2 Å². The Labute approximate surface area is 206 Å². The molecule has 0 saturated carbocycles. The van der Waals surface area contributed by atoms with E-state index in [1.54, 1.807) is 18.2 Å². The summed E-state index contributed by atoms with van der Waals surface area (Å²) in [4.78, 5) is 12.7. The minimum atomic E-state index is -0.490. The van der Waals surface area contributed by atoms with Crippen LogP contribution in [0.2, 0.25) is 5.02 Å². The van der Waals surface area contributed by atoms with Crippen molar-refractivity contribution in [2.75, 3.05) is 12.4 Å². The van der Waals surface area contributed by atoms with Crippen molar-refractivity contribution in [1.29, 1.82) is 5.26 Å². The lowest BCUT2D eigenvalue weighted by atomic mass is 10.1. The molecule has 7 heteroatoms. The molecule has 3 aromatic rings. The number of nitrogens with zero attached hydrogens (tertiary/aromatic N) is 1. The number of hydrogen-bond donors (Lipinski definition) is 1. The van der Waals surface area contributed by atoms with Gasteiger partial charge in [0.25, 0.3) is 5.91 Å². The topological polar surface area (TPSA) is 71.3 Å². The first-order valence-electron chi connectivity index (χ1n) is 10.1. The molecule has 5 nitrogen and oxygen atoms in total. The van der Waals surface area contributed by atoms with Crippen molar-refractivity contribution in [3.8, 4) is 17.6 Å². The van der Waals surface area contributed by atoms with Crippen LogP contribution in [0.4, 0.5) is 5.69 Å². The number of nitriles is 1. The zero-order chi connectivity index (χ0) is 24.0. The normalized spacial score (nSPS) is 11.0. The van der Waals surface area contributed by atoms with Crippen LogP contribution in [0.3, 0.4) is 0 Å². The van der Waals surface area contributed by atoms with E-state index in [-0.39, 0.29) is 12.2 Å². The first kappa shape index (κ1) is 24.4. The summed E-state index contributed by atoms with van der Waals surface area (Å²) in [5.41, 5.74) is 4.00. The second kappa shape index (κ2) is 11.0. The van der Waals surface area contributed by atoms with Gasteiger partial charge in [0.15, 0.2) is 11.5 Å². The number of ether oxygens (including phenoxy) is 2. The van der Waals surface area contributed by atoms with E-state index in [1.165, 1.54) is 13.2 Å². The SMILES string of the molecule is COc1cc(/C=C(\C#N)C(=O)Nc2cc(C)ccc2C)c(Br)cc1OCc1ccccc1Cl. The molecule has 0 bridgehead atoms. The Balaban J connectivity index is 1.85. The average Bonchev–Trinajstić information content (AvgIpc) is 2.80. The summed E-state index contributed by atoms with van der Waals surface area (Å²) < 4.78 is 12.0. The molecule has 0 aliphatic carbocycles. The molecule has 0 aromatic heterocycles. The van der Waals surface area contributed by atoms with Crippen LogP contribution in [0.25, 0.3) is 6.08 Å². The molecular formula is C26H22BrClN2O3. The van der Waals surface area contributed by atoms with Gasteiger partial charge in [-0.15, -0.1) is 0 Å². The van der Waals surface area contributed by atoms with E-state index in [9.17, 15) is 10.1 Å². The summed E-state index contributed by atoms with van der Waals surface area (Å²) in [7, 11) is 1.53. The molecule has 0 spiro atoms. The van der Waals surface area contributed by atoms with Crippen molar-refractivity contribution in [1.82, 2.24) is 0 Å². The highest BCUT2D eigenvalue weighted by Gasteiger charge is 2.15. The fourth-order valence-electron chi connectivity index (χ4n) is 3.07. The zero-order valence-corrected chi connectivity index (χ0v) is 20.8. The van der Waals surface area contributed by atoms with Crippen LogP contribution in [0.5, 0.6) is 11.5 Å². The van der Waals surface area contributed by atoms with Gasteiger partial charge in [0.2, 0.25) is 0 Å². The van der Waals surface area contributed by atoms with Crippen LogP contribution in [0, 0.1) is 25.2 Å². The van der Waals surface area contributed by atoms with Gasteiger partial charge in [-0.3, -0.25) is 4.79 Å². The smallest absolute Gasteiger partial charge is 0.266 e. The van der Waals surface area contributed by atoms with Crippen molar-refractivity contribution in [3.05, 3.63) is 91.9 Å². The number of aryl methyl sites for hydroxylation is 2. The Morgan fingerprint density at radius 3 is 2.61 bits per heavy atom. The molecule has 0 unspecified atom stereocenters. The molecule has 0 heterocycles. The summed E-state index contributed by atoms with van der Waals surface area (Å²) in [5, 5.41) is 13.0. The van der Waals surface area contributed by atoms with E-state index in [2.05, 4.69) is 21.2 Å². The Bertz CT molecular complexity index is 1260. The van der Waals surface area contributed by atoms with Crippen molar-refractivity contribution >= 4 is 45.2 Å². The first-order chi connectivity index (χ1) is 15.8. The fraction of sp³-hybridized carbons (Fsp3) is 0.154. The summed E-state index contributed by atoms with van der Waals surface area (Å²) in [6, 6.07) is 18.6. The molecule has 33 heavy (non-hydrogen) atoms. The lowest BCUT2D eigenvalue weighted by molar-refractivity contribution is -0.112. The highest BCUT2D eigenvalue weighted by atomic mass is 79.9. The maximum Gasteiger partial charge on any atom is 0.266 e. The molecule has 3 rings (SSSR count). The first-order valence-corrected chi connectivity index (χ1v) is 11.2. The van der Waals surface area contributed by atoms with Crippen molar-refractivity contribution in [2.45, 2.75) is 20.5 Å². The maximum absolute atomic E-state index is 12.7. The lowest BCUT2D eigenvalue weighted by Gasteiger charge is -2.14. The fourth-order valence-corrected chi connectivity index (χ4v) is 3.70. The number of halogens is 2. The molecule has 0 fully saturated rings. The number of methoxy groups -OCH3 is 1. The van der Waals surface area contributed by atoms with Gasteiger partial charge in [-0.1, -0.05) is 57.9 Å². The van der Waals surface area contributed by atoms with E-state index in [0.717, 1.165) is 16.7 Å². The number of rotatable bonds is 7. The molecule has 0 atom stereocenters. The van der Waals surface area contributed by atoms with Crippen LogP contribution in [0.1, 0.15) is 22.3 Å². The minimum Gasteiger partial charge on any atom is -0.493 e. The van der Waals surface area contributed by atoms with Gasteiger partial charge in [0.05, 0.1) is 7.11 Å². The number of anilines is 1. The number of carbonyl (C=O) groups excluding carboxylic acids is 1. The Hall–Kier alpha value is -3.27. The van der Waals surface area contributed by atoms with Crippen molar-refractivity contribution in [3.63, 3.8) is 0 Å². The summed E-state index contributed by atoms with van der Waals surface area (Å²) in [6.45, 7) is 4.10. The summed E-state index contributed by atoms with van der Waals surface area (Å²) in [6.07, 6.45) is 1.50. The number of amides is 1. The molecule has 3 aromatic carbocycles. The third kappa shape index (κ3) is 6.16. The van der Waals surface area contributed by atoms with Gasteiger partial charge >= 0.3 is 0 Å². The molecule has 1 N–H and O–H groups in total. The van der Waals surface area contributed by atoms with Crippen LogP contribution >= 0.6 is 27.5 Å². The van der Waals surface area contributed by atoms with E-state index in [1.807, 2.05) is 56.3 Å². The average molecular weight is 526 g/mol. The van der Waals surface area contributed by atoms with Crippen molar-refractivity contribution in [2.24, 2.45) is 0 Å². The third-order valence-electron chi connectivity index (χ3n) is 4.93. The molecule has 1 amide bonds. The predicted molar refractivity (Wildman–Crippen MR) is 135 cm³/mol. The van der Waals surface area contributed by atoms with Crippen LogP contribution < -0.4 is 14.8 Å². The van der Waals surface area contributed by atoms with E-state index in [4.69, 9.17) is 21.1 Å². The third-order valence-corrected chi connectivity index (χ3v) is 5.99. The molecular weight excluding hydrogens is 504 g/mol. The van der Waals surface area contributed by atoms with E-state index >= 15 is 0 Å². The van der Waals surface area contributed by atoms with Gasteiger partial charge in [-0.05, 0) is 60.9 Å². The zero-order valence-electron chi connectivity index (χ0n) is 18.4. The van der Waals surface area contributed by atoms with Gasteiger partial charge in [-0.25, -0.2) is 0 Å². The highest BCUT2D eigenvalue weighted by Crippen LogP contribution is 2.35. The second-order valence-electron chi connectivity index (χ2n) is 7.35. The van der Waals surface area contributed by atoms with Crippen LogP contribution in [-0.2, 0) is 11.4 Å². The Morgan fingerprint density at radius 2 is 1.91 bits per heavy atom. The van der Waals surface area contributed by atoms with Crippen molar-refractivity contribution < 1.29 is 14.3 Å². The largest absolute Gasteiger partial charge is 0.493 e. The Morgan fingerprint density at radius 1 is 1.15 bits per heavy atom. The summed E-state index contributed by atoms with van der Waals surface area (Å²) >= 11 is 9.70. The molecule has 0 aliphatic heterocycles.